The van der Waals surface area contributed by atoms with Gasteiger partial charge in [-0.1, -0.05) is 0 Å². The van der Waals surface area contributed by atoms with E-state index in [2.05, 4.69) is 32.4 Å². The summed E-state index contributed by atoms with van der Waals surface area (Å²) in [7, 11) is 2.04. The third kappa shape index (κ3) is 3.80. The van der Waals surface area contributed by atoms with Crippen molar-refractivity contribution in [2.75, 3.05) is 26.7 Å². The molecule has 110 valence electrons. The van der Waals surface area contributed by atoms with E-state index < -0.39 is 0 Å². The maximum absolute atomic E-state index is 4.76. The summed E-state index contributed by atoms with van der Waals surface area (Å²) >= 11 is 3.49. The first-order chi connectivity index (χ1) is 9.35. The number of hydrogen-bond acceptors (Lipinski definition) is 5. The van der Waals surface area contributed by atoms with Crippen molar-refractivity contribution in [3.63, 3.8) is 0 Å². The number of thiophene rings is 1. The zero-order valence-electron chi connectivity index (χ0n) is 11.5. The molecule has 1 N–H and O–H groups in total. The first-order valence-corrected chi connectivity index (χ1v) is 8.51. The topological polar surface area (TPSA) is 28.2 Å². The van der Waals surface area contributed by atoms with E-state index in [1.165, 1.54) is 30.8 Å². The van der Waals surface area contributed by atoms with Gasteiger partial charge in [0, 0.05) is 29.4 Å². The average Bonchev–Trinajstić information content (AvgIpc) is 3.10. The summed E-state index contributed by atoms with van der Waals surface area (Å²) in [6.07, 6.45) is 1.31. The molecule has 1 unspecified atom stereocenters. The smallest absolute Gasteiger partial charge is 0.124 e. The van der Waals surface area contributed by atoms with Crippen LogP contribution >= 0.6 is 35.1 Å². The van der Waals surface area contributed by atoms with E-state index in [1.54, 1.807) is 22.7 Å². The van der Waals surface area contributed by atoms with Crippen molar-refractivity contribution in [2.45, 2.75) is 13.0 Å². The molecule has 1 aliphatic heterocycles. The molecule has 1 saturated heterocycles. The van der Waals surface area contributed by atoms with Crippen LogP contribution in [0.5, 0.6) is 0 Å². The molecule has 3 rings (SSSR count). The van der Waals surface area contributed by atoms with Gasteiger partial charge >= 0.3 is 0 Å². The van der Waals surface area contributed by atoms with Gasteiger partial charge in [0.15, 0.2) is 0 Å². The van der Waals surface area contributed by atoms with Gasteiger partial charge in [0.2, 0.25) is 0 Å². The zero-order chi connectivity index (χ0) is 13.1. The molecule has 0 spiro atoms. The van der Waals surface area contributed by atoms with Crippen molar-refractivity contribution in [3.05, 3.63) is 27.9 Å². The number of aromatic nitrogens is 1. The molecule has 6 heteroatoms. The minimum atomic E-state index is 0. The fraction of sp³-hybridized carbons (Fsp3) is 0.500. The van der Waals surface area contributed by atoms with E-state index >= 15 is 0 Å². The molecule has 0 aliphatic carbocycles. The van der Waals surface area contributed by atoms with Crippen molar-refractivity contribution in [1.82, 2.24) is 15.2 Å². The van der Waals surface area contributed by atoms with Gasteiger partial charge in [0.25, 0.3) is 0 Å². The normalized spacial score (nSPS) is 19.1. The van der Waals surface area contributed by atoms with Gasteiger partial charge in [0.1, 0.15) is 5.01 Å². The first-order valence-electron chi connectivity index (χ1n) is 6.69. The second-order valence-corrected chi connectivity index (χ2v) is 6.74. The minimum absolute atomic E-state index is 0. The van der Waals surface area contributed by atoms with Crippen LogP contribution in [0.15, 0.2) is 22.2 Å². The Morgan fingerprint density at radius 3 is 3.10 bits per heavy atom. The van der Waals surface area contributed by atoms with Crippen LogP contribution in [-0.2, 0) is 6.54 Å². The first kappa shape index (κ1) is 15.9. The van der Waals surface area contributed by atoms with Crippen LogP contribution in [0.1, 0.15) is 12.1 Å². The molecular formula is C14H20ClN3S2. The highest BCUT2D eigenvalue weighted by Gasteiger charge is 2.22. The van der Waals surface area contributed by atoms with Crippen LogP contribution in [0.2, 0.25) is 0 Å². The minimum Gasteiger partial charge on any atom is -0.319 e. The fourth-order valence-corrected chi connectivity index (χ4v) is 4.16. The highest BCUT2D eigenvalue weighted by molar-refractivity contribution is 7.14. The molecule has 1 aliphatic rings. The van der Waals surface area contributed by atoms with E-state index in [-0.39, 0.29) is 12.4 Å². The summed E-state index contributed by atoms with van der Waals surface area (Å²) in [6, 6.07) is 2.14. The Balaban J connectivity index is 0.00000147. The molecule has 0 aromatic carbocycles. The van der Waals surface area contributed by atoms with E-state index in [4.69, 9.17) is 4.98 Å². The third-order valence-corrected chi connectivity index (χ3v) is 5.19. The second kappa shape index (κ2) is 7.52. The van der Waals surface area contributed by atoms with E-state index in [0.29, 0.717) is 0 Å². The molecule has 0 radical (unpaired) electrons. The predicted octanol–water partition coefficient (Wildman–Crippen LogP) is 3.33. The Morgan fingerprint density at radius 1 is 1.45 bits per heavy atom. The predicted molar refractivity (Wildman–Crippen MR) is 90.0 cm³/mol. The van der Waals surface area contributed by atoms with E-state index in [0.717, 1.165) is 24.0 Å². The largest absolute Gasteiger partial charge is 0.319 e. The molecule has 0 bridgehead atoms. The van der Waals surface area contributed by atoms with Crippen LogP contribution in [0, 0.1) is 5.92 Å². The summed E-state index contributed by atoms with van der Waals surface area (Å²) in [5.41, 5.74) is 2.48. The number of thiazole rings is 1. The molecule has 3 heterocycles. The summed E-state index contributed by atoms with van der Waals surface area (Å²) in [4.78, 5) is 7.28. The van der Waals surface area contributed by atoms with E-state index in [1.807, 2.05) is 7.05 Å². The number of halogens is 1. The maximum atomic E-state index is 4.76. The standard InChI is InChI=1S/C14H19N3S2.ClH/c1-15-6-11-2-4-17(7-11)8-13-10-19-14(16-13)12-3-5-18-9-12;/h3,5,9-11,15H,2,4,6-8H2,1H3;1H. The van der Waals surface area contributed by atoms with Crippen molar-refractivity contribution in [2.24, 2.45) is 5.92 Å². The number of rotatable bonds is 5. The Hall–Kier alpha value is -0.460. The maximum Gasteiger partial charge on any atom is 0.124 e. The lowest BCUT2D eigenvalue weighted by molar-refractivity contribution is 0.312. The van der Waals surface area contributed by atoms with Gasteiger partial charge in [-0.25, -0.2) is 4.98 Å². The lowest BCUT2D eigenvalue weighted by Crippen LogP contribution is -2.24. The van der Waals surface area contributed by atoms with Crippen molar-refractivity contribution in [3.8, 4) is 10.6 Å². The molecule has 2 aromatic heterocycles. The van der Waals surface area contributed by atoms with Gasteiger partial charge < -0.3 is 5.32 Å². The summed E-state index contributed by atoms with van der Waals surface area (Å²) in [5.74, 6) is 0.806. The lowest BCUT2D eigenvalue weighted by Gasteiger charge is -2.14. The molecule has 3 nitrogen and oxygen atoms in total. The Kier molecular flexibility index (Phi) is 5.99. The summed E-state index contributed by atoms with van der Waals surface area (Å²) in [5, 5.41) is 10.9. The van der Waals surface area contributed by atoms with Gasteiger partial charge in [-0.2, -0.15) is 11.3 Å². The van der Waals surface area contributed by atoms with Crippen LogP contribution < -0.4 is 5.32 Å². The molecule has 1 fully saturated rings. The highest BCUT2D eigenvalue weighted by atomic mass is 35.5. The third-order valence-electron chi connectivity index (χ3n) is 3.57. The highest BCUT2D eigenvalue weighted by Crippen LogP contribution is 2.27. The molecule has 2 aromatic rings. The van der Waals surface area contributed by atoms with Crippen molar-refractivity contribution in [1.29, 1.82) is 0 Å². The molecule has 0 amide bonds. The van der Waals surface area contributed by atoms with E-state index in [9.17, 15) is 0 Å². The average molecular weight is 330 g/mol. The number of hydrogen-bond donors (Lipinski definition) is 1. The monoisotopic (exact) mass is 329 g/mol. The van der Waals surface area contributed by atoms with Gasteiger partial charge in [0.05, 0.1) is 5.69 Å². The van der Waals surface area contributed by atoms with Crippen LogP contribution in [-0.4, -0.2) is 36.6 Å². The second-order valence-electron chi connectivity index (χ2n) is 5.10. The van der Waals surface area contributed by atoms with Gasteiger partial charge in [-0.3, -0.25) is 4.90 Å². The summed E-state index contributed by atoms with van der Waals surface area (Å²) in [6.45, 7) is 4.54. The quantitative estimate of drug-likeness (QED) is 0.912. The Bertz CT molecular complexity index is 512. The number of likely N-dealkylation sites (tertiary alicyclic amines) is 1. The Labute approximate surface area is 134 Å². The van der Waals surface area contributed by atoms with Crippen LogP contribution in [0.25, 0.3) is 10.6 Å². The zero-order valence-corrected chi connectivity index (χ0v) is 14.0. The number of nitrogens with one attached hydrogen (secondary N) is 1. The van der Waals surface area contributed by atoms with Gasteiger partial charge in [-0.05, 0) is 43.9 Å². The lowest BCUT2D eigenvalue weighted by atomic mass is 10.1. The van der Waals surface area contributed by atoms with Crippen molar-refractivity contribution < 1.29 is 0 Å². The molecule has 0 saturated carbocycles. The van der Waals surface area contributed by atoms with Crippen LogP contribution in [0.3, 0.4) is 0 Å². The SMILES string of the molecule is CNCC1CCN(Cc2csc(-c3ccsc3)n2)C1.Cl. The fourth-order valence-electron chi connectivity index (χ4n) is 2.64. The molecular weight excluding hydrogens is 310 g/mol. The van der Waals surface area contributed by atoms with Gasteiger partial charge in [-0.15, -0.1) is 23.7 Å². The molecule has 20 heavy (non-hydrogen) atoms. The van der Waals surface area contributed by atoms with Crippen molar-refractivity contribution >= 4 is 35.1 Å². The number of nitrogens with zero attached hydrogens (tertiary/aromatic N) is 2. The Morgan fingerprint density at radius 2 is 2.35 bits per heavy atom. The molecule has 1 atom stereocenters. The van der Waals surface area contributed by atoms with Crippen LogP contribution in [0.4, 0.5) is 0 Å². The summed E-state index contributed by atoms with van der Waals surface area (Å²) < 4.78 is 0.